The number of benzene rings is 2. The lowest BCUT2D eigenvalue weighted by Crippen LogP contribution is -2.12. The van der Waals surface area contributed by atoms with Gasteiger partial charge >= 0.3 is 0 Å². The highest BCUT2D eigenvalue weighted by atomic mass is 79.9. The third-order valence-electron chi connectivity index (χ3n) is 2.81. The summed E-state index contributed by atoms with van der Waals surface area (Å²) in [7, 11) is -3.75. The minimum atomic E-state index is -3.75. The molecule has 0 aliphatic rings. The Bertz CT molecular complexity index is 760. The lowest BCUT2D eigenvalue weighted by molar-refractivity contribution is 0.598. The predicted octanol–water partition coefficient (Wildman–Crippen LogP) is 2.73. The SMILES string of the molecule is Cc1cccc(Nc2ccc(S(N)(=O)=O)cc2N)c1Br. The second-order valence-corrected chi connectivity index (χ2v) is 6.71. The lowest BCUT2D eigenvalue weighted by atomic mass is 10.2. The van der Waals surface area contributed by atoms with Gasteiger partial charge in [-0.05, 0) is 52.7 Å². The second kappa shape index (κ2) is 5.43. The Morgan fingerprint density at radius 2 is 1.85 bits per heavy atom. The molecule has 0 saturated heterocycles. The van der Waals surface area contributed by atoms with Crippen LogP contribution in [-0.4, -0.2) is 8.42 Å². The number of rotatable bonds is 3. The zero-order valence-corrected chi connectivity index (χ0v) is 13.1. The number of sulfonamides is 1. The van der Waals surface area contributed by atoms with E-state index in [9.17, 15) is 8.42 Å². The first-order valence-corrected chi connectivity index (χ1v) is 8.07. The summed E-state index contributed by atoms with van der Waals surface area (Å²) in [4.78, 5) is -0.0103. The van der Waals surface area contributed by atoms with Crippen molar-refractivity contribution in [2.45, 2.75) is 11.8 Å². The van der Waals surface area contributed by atoms with Crippen LogP contribution in [0.4, 0.5) is 17.1 Å². The van der Waals surface area contributed by atoms with Gasteiger partial charge in [0, 0.05) is 4.47 Å². The number of anilines is 3. The number of hydrogen-bond donors (Lipinski definition) is 3. The zero-order chi connectivity index (χ0) is 14.9. The van der Waals surface area contributed by atoms with E-state index in [4.69, 9.17) is 10.9 Å². The van der Waals surface area contributed by atoms with Crippen molar-refractivity contribution in [2.75, 3.05) is 11.1 Å². The van der Waals surface area contributed by atoms with Crippen molar-refractivity contribution in [1.29, 1.82) is 0 Å². The van der Waals surface area contributed by atoms with E-state index in [1.807, 2.05) is 25.1 Å². The van der Waals surface area contributed by atoms with Crippen molar-refractivity contribution in [3.05, 3.63) is 46.4 Å². The highest BCUT2D eigenvalue weighted by molar-refractivity contribution is 9.10. The van der Waals surface area contributed by atoms with Crippen LogP contribution in [0, 0.1) is 6.92 Å². The molecule has 0 amide bonds. The molecule has 2 rings (SSSR count). The number of aryl methyl sites for hydroxylation is 1. The Hall–Kier alpha value is -1.57. The van der Waals surface area contributed by atoms with Crippen molar-refractivity contribution >= 4 is 43.0 Å². The number of hydrogen-bond acceptors (Lipinski definition) is 4. The first-order valence-electron chi connectivity index (χ1n) is 5.73. The van der Waals surface area contributed by atoms with Crippen molar-refractivity contribution in [3.63, 3.8) is 0 Å². The number of halogens is 1. The van der Waals surface area contributed by atoms with E-state index in [1.165, 1.54) is 12.1 Å². The van der Waals surface area contributed by atoms with Crippen LogP contribution in [0.2, 0.25) is 0 Å². The molecule has 0 aromatic heterocycles. The highest BCUT2D eigenvalue weighted by Gasteiger charge is 2.11. The summed E-state index contributed by atoms with van der Waals surface area (Å²) in [5.41, 5.74) is 8.71. The van der Waals surface area contributed by atoms with Crippen LogP contribution >= 0.6 is 15.9 Å². The van der Waals surface area contributed by atoms with Gasteiger partial charge in [-0.2, -0.15) is 0 Å². The molecule has 0 fully saturated rings. The van der Waals surface area contributed by atoms with Crippen LogP contribution in [-0.2, 0) is 10.0 Å². The molecule has 2 aromatic rings. The van der Waals surface area contributed by atoms with Crippen LogP contribution in [0.3, 0.4) is 0 Å². The summed E-state index contributed by atoms with van der Waals surface area (Å²) in [5, 5.41) is 8.21. The molecular formula is C13H14BrN3O2S. The van der Waals surface area contributed by atoms with Gasteiger partial charge in [0.25, 0.3) is 0 Å². The molecule has 106 valence electrons. The molecule has 0 atom stereocenters. The molecule has 7 heteroatoms. The molecule has 0 heterocycles. The molecule has 0 bridgehead atoms. The molecule has 0 aliphatic heterocycles. The third kappa shape index (κ3) is 3.12. The average Bonchev–Trinajstić information content (AvgIpc) is 2.36. The Morgan fingerprint density at radius 3 is 2.45 bits per heavy atom. The molecule has 20 heavy (non-hydrogen) atoms. The van der Waals surface area contributed by atoms with Gasteiger partial charge in [0.05, 0.1) is 22.0 Å². The largest absolute Gasteiger partial charge is 0.397 e. The van der Waals surface area contributed by atoms with E-state index in [2.05, 4.69) is 21.2 Å². The predicted molar refractivity (Wildman–Crippen MR) is 84.4 cm³/mol. The van der Waals surface area contributed by atoms with Crippen molar-refractivity contribution in [2.24, 2.45) is 5.14 Å². The standard InChI is InChI=1S/C13H14BrN3O2S/c1-8-3-2-4-12(13(8)14)17-11-6-5-9(7-10(11)15)20(16,18)19/h2-7,17H,15H2,1H3,(H2,16,18,19). The van der Waals surface area contributed by atoms with Gasteiger partial charge in [0.1, 0.15) is 0 Å². The summed E-state index contributed by atoms with van der Waals surface area (Å²) in [5.74, 6) is 0. The van der Waals surface area contributed by atoms with Crippen LogP contribution in [0.25, 0.3) is 0 Å². The summed E-state index contributed by atoms with van der Waals surface area (Å²) in [6.45, 7) is 1.97. The molecule has 2 aromatic carbocycles. The smallest absolute Gasteiger partial charge is 0.238 e. The van der Waals surface area contributed by atoms with Gasteiger partial charge in [-0.3, -0.25) is 0 Å². The van der Waals surface area contributed by atoms with Crippen molar-refractivity contribution in [3.8, 4) is 0 Å². The van der Waals surface area contributed by atoms with Crippen LogP contribution in [0.1, 0.15) is 5.56 Å². The number of nitrogens with two attached hydrogens (primary N) is 2. The molecule has 0 saturated carbocycles. The zero-order valence-electron chi connectivity index (χ0n) is 10.7. The van der Waals surface area contributed by atoms with Gasteiger partial charge in [-0.15, -0.1) is 0 Å². The Kier molecular flexibility index (Phi) is 4.03. The second-order valence-electron chi connectivity index (χ2n) is 4.36. The fourth-order valence-electron chi connectivity index (χ4n) is 1.72. The maximum Gasteiger partial charge on any atom is 0.238 e. The highest BCUT2D eigenvalue weighted by Crippen LogP contribution is 2.31. The topological polar surface area (TPSA) is 98.2 Å². The first kappa shape index (κ1) is 14.8. The molecule has 0 radical (unpaired) electrons. The van der Waals surface area contributed by atoms with E-state index in [1.54, 1.807) is 6.07 Å². The third-order valence-corrected chi connectivity index (χ3v) is 4.78. The minimum absolute atomic E-state index is 0.0103. The van der Waals surface area contributed by atoms with Gasteiger partial charge in [0.15, 0.2) is 0 Å². The lowest BCUT2D eigenvalue weighted by Gasteiger charge is -2.13. The van der Waals surface area contributed by atoms with Crippen LogP contribution in [0.5, 0.6) is 0 Å². The molecule has 0 unspecified atom stereocenters. The van der Waals surface area contributed by atoms with Gasteiger partial charge in [-0.1, -0.05) is 12.1 Å². The summed E-state index contributed by atoms with van der Waals surface area (Å²) >= 11 is 3.49. The Morgan fingerprint density at radius 1 is 1.15 bits per heavy atom. The maximum atomic E-state index is 11.2. The minimum Gasteiger partial charge on any atom is -0.397 e. The molecule has 0 aliphatic carbocycles. The van der Waals surface area contributed by atoms with Crippen LogP contribution < -0.4 is 16.2 Å². The fourth-order valence-corrected chi connectivity index (χ4v) is 2.63. The normalized spacial score (nSPS) is 11.3. The van der Waals surface area contributed by atoms with E-state index < -0.39 is 10.0 Å². The van der Waals surface area contributed by atoms with E-state index >= 15 is 0 Å². The van der Waals surface area contributed by atoms with E-state index in [-0.39, 0.29) is 4.90 Å². The number of nitrogen functional groups attached to an aromatic ring is 1. The van der Waals surface area contributed by atoms with Gasteiger partial charge < -0.3 is 11.1 Å². The quantitative estimate of drug-likeness (QED) is 0.737. The Balaban J connectivity index is 2.38. The first-order chi connectivity index (χ1) is 9.29. The molecular weight excluding hydrogens is 342 g/mol. The van der Waals surface area contributed by atoms with Gasteiger partial charge in [0.2, 0.25) is 10.0 Å². The average molecular weight is 356 g/mol. The summed E-state index contributed by atoms with van der Waals surface area (Å²) < 4.78 is 23.4. The van der Waals surface area contributed by atoms with E-state index in [0.29, 0.717) is 11.4 Å². The Labute approximate surface area is 126 Å². The monoisotopic (exact) mass is 355 g/mol. The van der Waals surface area contributed by atoms with Crippen LogP contribution in [0.15, 0.2) is 45.8 Å². The molecule has 5 N–H and O–H groups in total. The molecule has 0 spiro atoms. The number of primary sulfonamides is 1. The van der Waals surface area contributed by atoms with Gasteiger partial charge in [-0.25, -0.2) is 13.6 Å². The van der Waals surface area contributed by atoms with Crippen molar-refractivity contribution < 1.29 is 8.42 Å². The molecule has 5 nitrogen and oxygen atoms in total. The number of nitrogens with one attached hydrogen (secondary N) is 1. The maximum absolute atomic E-state index is 11.2. The fraction of sp³-hybridized carbons (Fsp3) is 0.0769. The van der Waals surface area contributed by atoms with Crippen molar-refractivity contribution in [1.82, 2.24) is 0 Å². The summed E-state index contributed by atoms with van der Waals surface area (Å²) in [6.07, 6.45) is 0. The van der Waals surface area contributed by atoms with E-state index in [0.717, 1.165) is 15.7 Å². The summed E-state index contributed by atoms with van der Waals surface area (Å²) in [6, 6.07) is 10.1.